The molecule has 26 heavy (non-hydrogen) atoms. The van der Waals surface area contributed by atoms with Crippen molar-refractivity contribution in [1.82, 2.24) is 5.32 Å². The van der Waals surface area contributed by atoms with Gasteiger partial charge in [-0.05, 0) is 32.0 Å². The summed E-state index contributed by atoms with van der Waals surface area (Å²) in [4.78, 5) is 45.9. The number of non-ortho nitro benzene ring substituents is 1. The van der Waals surface area contributed by atoms with Crippen LogP contribution in [-0.2, 0) is 4.79 Å². The smallest absolute Gasteiger partial charge is 0.270 e. The minimum Gasteiger partial charge on any atom is -0.341 e. The summed E-state index contributed by atoms with van der Waals surface area (Å²) in [6, 6.07) is 10.8. The molecule has 0 aliphatic heterocycles. The van der Waals surface area contributed by atoms with Crippen LogP contribution in [0.15, 0.2) is 48.5 Å². The van der Waals surface area contributed by atoms with Gasteiger partial charge in [0.2, 0.25) is 5.91 Å². The van der Waals surface area contributed by atoms with Crippen molar-refractivity contribution >= 4 is 29.0 Å². The van der Waals surface area contributed by atoms with E-state index in [4.69, 9.17) is 0 Å². The molecule has 1 atom stereocenters. The Morgan fingerprint density at radius 3 is 2.35 bits per heavy atom. The van der Waals surface area contributed by atoms with E-state index in [1.54, 1.807) is 18.2 Å². The van der Waals surface area contributed by atoms with Crippen LogP contribution in [0.25, 0.3) is 0 Å². The first-order valence-corrected chi connectivity index (χ1v) is 7.75. The van der Waals surface area contributed by atoms with Gasteiger partial charge in [-0.25, -0.2) is 0 Å². The number of rotatable bonds is 6. The highest BCUT2D eigenvalue weighted by Gasteiger charge is 2.18. The lowest BCUT2D eigenvalue weighted by atomic mass is 10.1. The summed E-state index contributed by atoms with van der Waals surface area (Å²) in [5.74, 6) is -1.22. The minimum atomic E-state index is -0.886. The zero-order chi connectivity index (χ0) is 19.3. The standard InChI is InChI=1S/C18H17N3O5/c1-11(17(23)20-15-7-3-5-13(9-15)12(2)22)19-18(24)14-6-4-8-16(10-14)21(25)26/h3-11H,1-2H3,(H,19,24)(H,20,23)/t11-/m0/s1. The zero-order valence-electron chi connectivity index (χ0n) is 14.2. The molecule has 0 spiro atoms. The van der Waals surface area contributed by atoms with E-state index in [2.05, 4.69) is 10.6 Å². The van der Waals surface area contributed by atoms with Crippen molar-refractivity contribution in [2.75, 3.05) is 5.32 Å². The van der Waals surface area contributed by atoms with E-state index in [1.165, 1.54) is 38.1 Å². The molecule has 2 aromatic rings. The Labute approximate surface area is 149 Å². The molecule has 2 amide bonds. The normalized spacial score (nSPS) is 11.3. The molecule has 2 rings (SSSR count). The van der Waals surface area contributed by atoms with Gasteiger partial charge in [-0.2, -0.15) is 0 Å². The number of carbonyl (C=O) groups excluding carboxylic acids is 3. The number of nitrogens with zero attached hydrogens (tertiary/aromatic N) is 1. The summed E-state index contributed by atoms with van der Waals surface area (Å²) in [5, 5.41) is 15.9. The van der Waals surface area contributed by atoms with Gasteiger partial charge in [-0.15, -0.1) is 0 Å². The Bertz CT molecular complexity index is 879. The third-order valence-electron chi connectivity index (χ3n) is 3.60. The van der Waals surface area contributed by atoms with Gasteiger partial charge in [-0.3, -0.25) is 24.5 Å². The van der Waals surface area contributed by atoms with Crippen molar-refractivity contribution in [3.05, 3.63) is 69.8 Å². The molecule has 8 heteroatoms. The second kappa shape index (κ2) is 8.02. The first-order chi connectivity index (χ1) is 12.3. The molecule has 0 saturated carbocycles. The first kappa shape index (κ1) is 18.8. The van der Waals surface area contributed by atoms with Crippen LogP contribution in [0.4, 0.5) is 11.4 Å². The summed E-state index contributed by atoms with van der Waals surface area (Å²) in [6.07, 6.45) is 0. The van der Waals surface area contributed by atoms with Crippen LogP contribution < -0.4 is 10.6 Å². The van der Waals surface area contributed by atoms with Crippen LogP contribution in [0.3, 0.4) is 0 Å². The fraction of sp³-hybridized carbons (Fsp3) is 0.167. The number of Topliss-reactive ketones (excluding diaryl/α,β-unsaturated/α-hetero) is 1. The second-order valence-corrected chi connectivity index (χ2v) is 5.63. The number of amides is 2. The lowest BCUT2D eigenvalue weighted by Crippen LogP contribution is -2.41. The maximum absolute atomic E-state index is 12.2. The van der Waals surface area contributed by atoms with Gasteiger partial charge in [0.1, 0.15) is 6.04 Å². The third-order valence-corrected chi connectivity index (χ3v) is 3.60. The number of hydrogen-bond acceptors (Lipinski definition) is 5. The van der Waals surface area contributed by atoms with Crippen LogP contribution in [0, 0.1) is 10.1 Å². The van der Waals surface area contributed by atoms with Crippen molar-refractivity contribution in [3.63, 3.8) is 0 Å². The fourth-order valence-electron chi connectivity index (χ4n) is 2.17. The summed E-state index contributed by atoms with van der Waals surface area (Å²) < 4.78 is 0. The molecule has 8 nitrogen and oxygen atoms in total. The number of nitro benzene ring substituents is 1. The van der Waals surface area contributed by atoms with Crippen LogP contribution in [0.5, 0.6) is 0 Å². The Morgan fingerprint density at radius 1 is 1.04 bits per heavy atom. The van der Waals surface area contributed by atoms with Crippen LogP contribution in [0.2, 0.25) is 0 Å². The predicted molar refractivity (Wildman–Crippen MR) is 95.1 cm³/mol. The Morgan fingerprint density at radius 2 is 1.69 bits per heavy atom. The van der Waals surface area contributed by atoms with Crippen molar-refractivity contribution in [1.29, 1.82) is 0 Å². The number of carbonyl (C=O) groups is 3. The van der Waals surface area contributed by atoms with Gasteiger partial charge in [0.15, 0.2) is 5.78 Å². The van der Waals surface area contributed by atoms with Gasteiger partial charge >= 0.3 is 0 Å². The molecule has 0 aliphatic carbocycles. The molecule has 0 saturated heterocycles. The molecule has 0 aromatic heterocycles. The molecule has 2 aromatic carbocycles. The maximum atomic E-state index is 12.2. The number of benzene rings is 2. The molecule has 0 heterocycles. The topological polar surface area (TPSA) is 118 Å². The van der Waals surface area contributed by atoms with Crippen molar-refractivity contribution in [2.45, 2.75) is 19.9 Å². The monoisotopic (exact) mass is 355 g/mol. The molecule has 134 valence electrons. The van der Waals surface area contributed by atoms with E-state index in [9.17, 15) is 24.5 Å². The van der Waals surface area contributed by atoms with E-state index in [0.717, 1.165) is 6.07 Å². The first-order valence-electron chi connectivity index (χ1n) is 7.75. The molecule has 0 fully saturated rings. The molecule has 0 unspecified atom stereocenters. The predicted octanol–water partition coefficient (Wildman–Crippen LogP) is 2.55. The summed E-state index contributed by atoms with van der Waals surface area (Å²) in [6.45, 7) is 2.91. The average Bonchev–Trinajstić information content (AvgIpc) is 2.61. The van der Waals surface area contributed by atoms with Crippen molar-refractivity contribution < 1.29 is 19.3 Å². The SMILES string of the molecule is CC(=O)c1cccc(NC(=O)[C@H](C)NC(=O)c2cccc([N+](=O)[O-])c2)c1. The average molecular weight is 355 g/mol. The summed E-state index contributed by atoms with van der Waals surface area (Å²) >= 11 is 0. The van der Waals surface area contributed by atoms with E-state index in [0.29, 0.717) is 11.3 Å². The van der Waals surface area contributed by atoms with Gasteiger partial charge < -0.3 is 10.6 Å². The number of ketones is 1. The van der Waals surface area contributed by atoms with Gasteiger partial charge in [0.25, 0.3) is 11.6 Å². The quantitative estimate of drug-likeness (QED) is 0.469. The molecular weight excluding hydrogens is 338 g/mol. The number of nitro groups is 1. The number of nitrogens with one attached hydrogen (secondary N) is 2. The summed E-state index contributed by atoms with van der Waals surface area (Å²) in [5.41, 5.74) is 0.753. The fourth-order valence-corrected chi connectivity index (χ4v) is 2.17. The van der Waals surface area contributed by atoms with Crippen molar-refractivity contribution in [3.8, 4) is 0 Å². The molecule has 0 bridgehead atoms. The lowest BCUT2D eigenvalue weighted by molar-refractivity contribution is -0.384. The van der Waals surface area contributed by atoms with Gasteiger partial charge in [0, 0.05) is 28.9 Å². The van der Waals surface area contributed by atoms with E-state index in [1.807, 2.05) is 0 Å². The van der Waals surface area contributed by atoms with E-state index >= 15 is 0 Å². The third kappa shape index (κ3) is 4.73. The van der Waals surface area contributed by atoms with E-state index < -0.39 is 22.8 Å². The molecule has 0 aliphatic rings. The molecular formula is C18H17N3O5. The Hall–Kier alpha value is -3.55. The van der Waals surface area contributed by atoms with Crippen LogP contribution in [0.1, 0.15) is 34.6 Å². The highest BCUT2D eigenvalue weighted by molar-refractivity contribution is 6.02. The number of hydrogen-bond donors (Lipinski definition) is 2. The zero-order valence-corrected chi connectivity index (χ0v) is 14.2. The second-order valence-electron chi connectivity index (χ2n) is 5.63. The Balaban J connectivity index is 2.03. The highest BCUT2D eigenvalue weighted by Crippen LogP contribution is 2.14. The minimum absolute atomic E-state index is 0.0810. The summed E-state index contributed by atoms with van der Waals surface area (Å²) in [7, 11) is 0. The highest BCUT2D eigenvalue weighted by atomic mass is 16.6. The Kier molecular flexibility index (Phi) is 5.79. The van der Waals surface area contributed by atoms with Crippen LogP contribution in [-0.4, -0.2) is 28.6 Å². The van der Waals surface area contributed by atoms with Crippen molar-refractivity contribution in [2.24, 2.45) is 0 Å². The van der Waals surface area contributed by atoms with Gasteiger partial charge in [-0.1, -0.05) is 18.2 Å². The maximum Gasteiger partial charge on any atom is 0.270 e. The molecule has 2 N–H and O–H groups in total. The largest absolute Gasteiger partial charge is 0.341 e. The van der Waals surface area contributed by atoms with Gasteiger partial charge in [0.05, 0.1) is 4.92 Å². The molecule has 0 radical (unpaired) electrons. The van der Waals surface area contributed by atoms with Crippen LogP contribution >= 0.6 is 0 Å². The van der Waals surface area contributed by atoms with E-state index in [-0.39, 0.29) is 17.0 Å². The number of anilines is 1. The lowest BCUT2D eigenvalue weighted by Gasteiger charge is -2.14.